The Morgan fingerprint density at radius 1 is 1.56 bits per heavy atom. The van der Waals surface area contributed by atoms with Crippen molar-refractivity contribution in [1.29, 1.82) is 0 Å². The Kier molecular flexibility index (Phi) is 2.92. The molecular weight excluding hydrogens is 228 g/mol. The summed E-state index contributed by atoms with van der Waals surface area (Å²) in [5.41, 5.74) is 1.67. The topological polar surface area (TPSA) is 41.6 Å². The molecular formula is C11H13ClN2O2. The van der Waals surface area contributed by atoms with Crippen molar-refractivity contribution in [3.05, 3.63) is 22.7 Å². The molecule has 0 bridgehead atoms. The Morgan fingerprint density at radius 3 is 3.00 bits per heavy atom. The molecule has 0 aliphatic carbocycles. The van der Waals surface area contributed by atoms with Crippen molar-refractivity contribution >= 4 is 23.3 Å². The lowest BCUT2D eigenvalue weighted by Gasteiger charge is -2.29. The molecule has 0 saturated heterocycles. The van der Waals surface area contributed by atoms with E-state index in [1.165, 1.54) is 0 Å². The van der Waals surface area contributed by atoms with E-state index in [0.29, 0.717) is 23.9 Å². The predicted octanol–water partition coefficient (Wildman–Crippen LogP) is 2.19. The lowest BCUT2D eigenvalue weighted by molar-refractivity contribution is 0.241. The first-order chi connectivity index (χ1) is 7.63. The van der Waals surface area contributed by atoms with Gasteiger partial charge in [0.2, 0.25) is 0 Å². The minimum atomic E-state index is -0.149. The second-order valence-corrected chi connectivity index (χ2v) is 4.03. The fraction of sp³-hybridized carbons (Fsp3) is 0.364. The number of aryl methyl sites for hydroxylation is 1. The molecule has 16 heavy (non-hydrogen) atoms. The molecule has 0 fully saturated rings. The molecule has 1 aliphatic heterocycles. The van der Waals surface area contributed by atoms with E-state index in [0.717, 1.165) is 11.3 Å². The van der Waals surface area contributed by atoms with Gasteiger partial charge < -0.3 is 10.1 Å². The molecule has 0 atom stereocenters. The number of nitrogens with zero attached hydrogens (tertiary/aromatic N) is 1. The highest BCUT2D eigenvalue weighted by Gasteiger charge is 2.23. The smallest absolute Gasteiger partial charge is 0.321 e. The number of anilines is 1. The van der Waals surface area contributed by atoms with Crippen molar-refractivity contribution in [3.8, 4) is 5.75 Å². The van der Waals surface area contributed by atoms with E-state index in [-0.39, 0.29) is 6.03 Å². The Labute approximate surface area is 99.1 Å². The summed E-state index contributed by atoms with van der Waals surface area (Å²) in [5, 5.41) is 3.24. The van der Waals surface area contributed by atoms with Crippen LogP contribution in [0.3, 0.4) is 0 Å². The van der Waals surface area contributed by atoms with E-state index in [9.17, 15) is 4.79 Å². The van der Waals surface area contributed by atoms with Gasteiger partial charge in [0.05, 0.1) is 12.2 Å². The summed E-state index contributed by atoms with van der Waals surface area (Å²) >= 11 is 6.04. The first kappa shape index (κ1) is 11.1. The maximum absolute atomic E-state index is 11.6. The van der Waals surface area contributed by atoms with Gasteiger partial charge in [-0.05, 0) is 24.6 Å². The van der Waals surface area contributed by atoms with Gasteiger partial charge in [-0.1, -0.05) is 11.6 Å². The second-order valence-electron chi connectivity index (χ2n) is 3.62. The lowest BCUT2D eigenvalue weighted by Crippen LogP contribution is -2.43. The summed E-state index contributed by atoms with van der Waals surface area (Å²) < 4.78 is 5.50. The van der Waals surface area contributed by atoms with Gasteiger partial charge in [-0.15, -0.1) is 0 Å². The Morgan fingerprint density at radius 2 is 2.31 bits per heavy atom. The van der Waals surface area contributed by atoms with Crippen LogP contribution in [0.15, 0.2) is 12.1 Å². The van der Waals surface area contributed by atoms with Crippen LogP contribution >= 0.6 is 11.6 Å². The molecule has 1 aromatic rings. The van der Waals surface area contributed by atoms with Gasteiger partial charge in [0.25, 0.3) is 0 Å². The van der Waals surface area contributed by atoms with E-state index in [2.05, 4.69) is 5.32 Å². The zero-order valence-electron chi connectivity index (χ0n) is 9.21. The molecule has 0 radical (unpaired) electrons. The summed E-state index contributed by atoms with van der Waals surface area (Å²) in [7, 11) is 1.60. The molecule has 0 unspecified atom stereocenters. The number of hydrogen-bond acceptors (Lipinski definition) is 2. The molecule has 2 rings (SSSR count). The van der Waals surface area contributed by atoms with E-state index < -0.39 is 0 Å². The maximum Gasteiger partial charge on any atom is 0.321 e. The highest BCUT2D eigenvalue weighted by atomic mass is 35.5. The van der Waals surface area contributed by atoms with Crippen LogP contribution in [0, 0.1) is 6.92 Å². The van der Waals surface area contributed by atoms with Crippen LogP contribution in [0.5, 0.6) is 5.75 Å². The normalized spacial score (nSPS) is 14.1. The highest BCUT2D eigenvalue weighted by molar-refractivity contribution is 6.31. The number of ether oxygens (including phenoxy) is 1. The molecule has 4 nitrogen and oxygen atoms in total. The molecule has 5 heteroatoms. The number of rotatable bonds is 0. The monoisotopic (exact) mass is 240 g/mol. The summed E-state index contributed by atoms with van der Waals surface area (Å²) in [6.45, 7) is 2.94. The van der Waals surface area contributed by atoms with E-state index in [1.807, 2.05) is 13.0 Å². The Hall–Kier alpha value is -1.42. The average molecular weight is 241 g/mol. The molecule has 0 saturated carbocycles. The zero-order chi connectivity index (χ0) is 11.7. The lowest BCUT2D eigenvalue weighted by atomic mass is 10.1. The third kappa shape index (κ3) is 1.80. The number of fused-ring (bicyclic) bond motifs is 1. The summed E-state index contributed by atoms with van der Waals surface area (Å²) in [6, 6.07) is 3.47. The van der Waals surface area contributed by atoms with Crippen molar-refractivity contribution in [3.63, 3.8) is 0 Å². The summed E-state index contributed by atoms with van der Waals surface area (Å²) in [4.78, 5) is 13.3. The minimum Gasteiger partial charge on any atom is -0.490 e. The highest BCUT2D eigenvalue weighted by Crippen LogP contribution is 2.36. The number of carbonyl (C=O) groups excluding carboxylic acids is 1. The van der Waals surface area contributed by atoms with Gasteiger partial charge in [0, 0.05) is 12.1 Å². The molecule has 0 aromatic heterocycles. The summed E-state index contributed by atoms with van der Waals surface area (Å²) in [6.07, 6.45) is 0. The number of benzene rings is 1. The van der Waals surface area contributed by atoms with Crippen LogP contribution < -0.4 is 15.0 Å². The third-order valence-electron chi connectivity index (χ3n) is 2.56. The molecule has 1 aliphatic rings. The molecule has 1 aromatic carbocycles. The number of urea groups is 1. The fourth-order valence-corrected chi connectivity index (χ4v) is 1.84. The zero-order valence-corrected chi connectivity index (χ0v) is 9.97. The van der Waals surface area contributed by atoms with Crippen molar-refractivity contribution in [2.24, 2.45) is 0 Å². The van der Waals surface area contributed by atoms with Crippen molar-refractivity contribution in [2.45, 2.75) is 6.92 Å². The largest absolute Gasteiger partial charge is 0.490 e. The van der Waals surface area contributed by atoms with Crippen LogP contribution in [0.25, 0.3) is 0 Å². The number of amides is 2. The SMILES string of the molecule is CNC(=O)N1CCOc2cc(C)c(Cl)cc21. The molecule has 86 valence electrons. The molecule has 0 spiro atoms. The molecule has 2 amide bonds. The van der Waals surface area contributed by atoms with E-state index >= 15 is 0 Å². The van der Waals surface area contributed by atoms with Gasteiger partial charge >= 0.3 is 6.03 Å². The van der Waals surface area contributed by atoms with Gasteiger partial charge in [0.1, 0.15) is 12.4 Å². The first-order valence-corrected chi connectivity index (χ1v) is 5.43. The van der Waals surface area contributed by atoms with Crippen molar-refractivity contribution in [2.75, 3.05) is 25.1 Å². The Bertz CT molecular complexity index is 434. The maximum atomic E-state index is 11.6. The second kappa shape index (κ2) is 4.22. The van der Waals surface area contributed by atoms with Crippen molar-refractivity contribution < 1.29 is 9.53 Å². The van der Waals surface area contributed by atoms with Crippen LogP contribution in [0.4, 0.5) is 10.5 Å². The van der Waals surface area contributed by atoms with Crippen LogP contribution in [-0.4, -0.2) is 26.2 Å². The van der Waals surface area contributed by atoms with Crippen LogP contribution in [0.1, 0.15) is 5.56 Å². The van der Waals surface area contributed by atoms with Gasteiger partial charge in [-0.2, -0.15) is 0 Å². The van der Waals surface area contributed by atoms with Crippen molar-refractivity contribution in [1.82, 2.24) is 5.32 Å². The van der Waals surface area contributed by atoms with Crippen LogP contribution in [0.2, 0.25) is 5.02 Å². The van der Waals surface area contributed by atoms with E-state index in [4.69, 9.17) is 16.3 Å². The standard InChI is InChI=1S/C11H13ClN2O2/c1-7-5-10-9(6-8(7)12)14(3-4-16-10)11(15)13-2/h5-6H,3-4H2,1-2H3,(H,13,15). The quantitative estimate of drug-likeness (QED) is 0.755. The molecule has 1 N–H and O–H groups in total. The molecule has 1 heterocycles. The minimum absolute atomic E-state index is 0.149. The number of halogens is 1. The number of carbonyl (C=O) groups is 1. The van der Waals surface area contributed by atoms with Gasteiger partial charge in [-0.3, -0.25) is 4.90 Å². The fourth-order valence-electron chi connectivity index (χ4n) is 1.68. The number of nitrogens with one attached hydrogen (secondary N) is 1. The first-order valence-electron chi connectivity index (χ1n) is 5.05. The number of hydrogen-bond donors (Lipinski definition) is 1. The van der Waals surface area contributed by atoms with Gasteiger partial charge in [0.15, 0.2) is 0 Å². The van der Waals surface area contributed by atoms with Gasteiger partial charge in [-0.25, -0.2) is 4.79 Å². The predicted molar refractivity (Wildman–Crippen MR) is 63.5 cm³/mol. The summed E-state index contributed by atoms with van der Waals surface area (Å²) in [5.74, 6) is 0.705. The van der Waals surface area contributed by atoms with E-state index in [1.54, 1.807) is 18.0 Å². The van der Waals surface area contributed by atoms with Crippen LogP contribution in [-0.2, 0) is 0 Å². The average Bonchev–Trinajstić information content (AvgIpc) is 2.29. The Balaban J connectivity index is 2.45. The third-order valence-corrected chi connectivity index (χ3v) is 2.97.